The Hall–Kier alpha value is -2.38. The fraction of sp³-hybridized carbons (Fsp3) is 0.143. The molecule has 80 valence electrons. The molecule has 1 amide bonds. The van der Waals surface area contributed by atoms with Gasteiger partial charge in [0, 0.05) is 7.05 Å². The van der Waals surface area contributed by atoms with Crippen LogP contribution in [0.2, 0.25) is 0 Å². The van der Waals surface area contributed by atoms with Gasteiger partial charge in [-0.25, -0.2) is 9.97 Å². The third-order valence-electron chi connectivity index (χ3n) is 1.61. The van der Waals surface area contributed by atoms with Crippen molar-refractivity contribution in [1.82, 2.24) is 15.3 Å². The first-order chi connectivity index (χ1) is 7.10. The second-order valence-electron chi connectivity index (χ2n) is 2.55. The molecule has 0 saturated heterocycles. The van der Waals surface area contributed by atoms with E-state index in [1.807, 2.05) is 0 Å². The molecule has 0 aromatic carbocycles. The van der Waals surface area contributed by atoms with Crippen molar-refractivity contribution in [2.24, 2.45) is 10.9 Å². The number of aromatic nitrogens is 2. The van der Waals surface area contributed by atoms with Crippen LogP contribution in [0.5, 0.6) is 0 Å². The van der Waals surface area contributed by atoms with E-state index in [1.54, 1.807) is 0 Å². The molecule has 0 aliphatic carbocycles. The lowest BCUT2D eigenvalue weighted by molar-refractivity contribution is 0.0958. The molecule has 0 aliphatic heterocycles. The van der Waals surface area contributed by atoms with Crippen molar-refractivity contribution in [3.05, 3.63) is 17.6 Å². The number of nitrogens with one attached hydrogen (secondary N) is 1. The summed E-state index contributed by atoms with van der Waals surface area (Å²) in [6.45, 7) is 0. The molecule has 8 heteroatoms. The quantitative estimate of drug-likeness (QED) is 0.203. The molecule has 0 saturated carbocycles. The number of rotatable bonds is 2. The summed E-state index contributed by atoms with van der Waals surface area (Å²) in [5.41, 5.74) is 10.7. The Kier molecular flexibility index (Phi) is 3.01. The molecule has 0 spiro atoms. The minimum absolute atomic E-state index is 0.0242. The summed E-state index contributed by atoms with van der Waals surface area (Å²) in [4.78, 5) is 18.8. The first-order valence-corrected chi connectivity index (χ1v) is 3.92. The van der Waals surface area contributed by atoms with E-state index in [9.17, 15) is 4.79 Å². The van der Waals surface area contributed by atoms with Crippen LogP contribution >= 0.6 is 0 Å². The van der Waals surface area contributed by atoms with E-state index in [-0.39, 0.29) is 23.0 Å². The lowest BCUT2D eigenvalue weighted by atomic mass is 10.3. The van der Waals surface area contributed by atoms with E-state index >= 15 is 0 Å². The molecule has 0 fully saturated rings. The van der Waals surface area contributed by atoms with Crippen molar-refractivity contribution in [2.45, 2.75) is 0 Å². The van der Waals surface area contributed by atoms with Crippen LogP contribution in [0.15, 0.2) is 11.4 Å². The minimum atomic E-state index is -0.493. The molecule has 0 bridgehead atoms. The smallest absolute Gasteiger partial charge is 0.273 e. The summed E-state index contributed by atoms with van der Waals surface area (Å²) in [5.74, 6) is -0.760. The maximum absolute atomic E-state index is 11.3. The maximum Gasteiger partial charge on any atom is 0.273 e. The van der Waals surface area contributed by atoms with Crippen molar-refractivity contribution in [3.63, 3.8) is 0 Å². The zero-order valence-electron chi connectivity index (χ0n) is 7.93. The molecule has 1 heterocycles. The fourth-order valence-corrected chi connectivity index (χ4v) is 0.859. The number of hydrogen-bond donors (Lipinski definition) is 4. The second-order valence-corrected chi connectivity index (χ2v) is 2.55. The average Bonchev–Trinajstić information content (AvgIpc) is 2.27. The summed E-state index contributed by atoms with van der Waals surface area (Å²) < 4.78 is 0. The van der Waals surface area contributed by atoms with E-state index < -0.39 is 5.91 Å². The topological polar surface area (TPSA) is 140 Å². The van der Waals surface area contributed by atoms with Crippen LogP contribution in [0.4, 0.5) is 5.82 Å². The van der Waals surface area contributed by atoms with Crippen molar-refractivity contribution in [1.29, 1.82) is 0 Å². The molecule has 8 nitrogen and oxygen atoms in total. The molecule has 1 rings (SSSR count). The molecule has 15 heavy (non-hydrogen) atoms. The number of nitrogens with two attached hydrogens (primary N) is 2. The third-order valence-corrected chi connectivity index (χ3v) is 1.61. The number of hydrogen-bond acceptors (Lipinski definition) is 6. The molecule has 0 atom stereocenters. The van der Waals surface area contributed by atoms with Gasteiger partial charge in [-0.3, -0.25) is 4.79 Å². The maximum atomic E-state index is 11.3. The largest absolute Gasteiger partial charge is 0.409 e. The van der Waals surface area contributed by atoms with Gasteiger partial charge >= 0.3 is 0 Å². The van der Waals surface area contributed by atoms with E-state index in [4.69, 9.17) is 16.7 Å². The highest BCUT2D eigenvalue weighted by Gasteiger charge is 2.13. The SMILES string of the molecule is CNC(=O)c1nc(C(N)=NO)cnc1N. The predicted octanol–water partition coefficient (Wildman–Crippen LogP) is -1.49. The minimum Gasteiger partial charge on any atom is -0.409 e. The first kappa shape index (κ1) is 10.7. The lowest BCUT2D eigenvalue weighted by Crippen LogP contribution is -2.24. The fourth-order valence-electron chi connectivity index (χ4n) is 0.859. The summed E-state index contributed by atoms with van der Waals surface area (Å²) in [5, 5.41) is 13.5. The van der Waals surface area contributed by atoms with E-state index in [0.29, 0.717) is 0 Å². The number of nitrogens with zero attached hydrogens (tertiary/aromatic N) is 3. The Morgan fingerprint density at radius 2 is 2.33 bits per heavy atom. The Morgan fingerprint density at radius 1 is 1.67 bits per heavy atom. The van der Waals surface area contributed by atoms with Crippen LogP contribution in [0.3, 0.4) is 0 Å². The zero-order chi connectivity index (χ0) is 11.4. The number of carbonyl (C=O) groups is 1. The van der Waals surface area contributed by atoms with Crippen LogP contribution in [0.1, 0.15) is 16.2 Å². The van der Waals surface area contributed by atoms with Crippen LogP contribution in [0, 0.1) is 0 Å². The highest BCUT2D eigenvalue weighted by Crippen LogP contribution is 2.05. The Labute approximate surface area is 85.0 Å². The summed E-state index contributed by atoms with van der Waals surface area (Å²) >= 11 is 0. The van der Waals surface area contributed by atoms with Crippen molar-refractivity contribution in [2.75, 3.05) is 12.8 Å². The second kappa shape index (κ2) is 4.22. The van der Waals surface area contributed by atoms with Crippen molar-refractivity contribution < 1.29 is 10.0 Å². The van der Waals surface area contributed by atoms with Crippen LogP contribution in [0.25, 0.3) is 0 Å². The zero-order valence-corrected chi connectivity index (χ0v) is 7.93. The van der Waals surface area contributed by atoms with Gasteiger partial charge in [0.05, 0.1) is 6.20 Å². The number of nitrogen functional groups attached to an aromatic ring is 1. The molecule has 0 aliphatic rings. The van der Waals surface area contributed by atoms with Crippen LogP contribution < -0.4 is 16.8 Å². The Balaban J connectivity index is 3.22. The van der Waals surface area contributed by atoms with Crippen molar-refractivity contribution >= 4 is 17.6 Å². The average molecular weight is 210 g/mol. The molecule has 1 aromatic heterocycles. The number of amides is 1. The molecular weight excluding hydrogens is 200 g/mol. The summed E-state index contributed by atoms with van der Waals surface area (Å²) in [6, 6.07) is 0. The molecule has 1 aromatic rings. The first-order valence-electron chi connectivity index (χ1n) is 3.92. The highest BCUT2D eigenvalue weighted by molar-refractivity contribution is 5.99. The van der Waals surface area contributed by atoms with Gasteiger partial charge in [-0.15, -0.1) is 0 Å². The Morgan fingerprint density at radius 3 is 2.87 bits per heavy atom. The van der Waals surface area contributed by atoms with Crippen molar-refractivity contribution in [3.8, 4) is 0 Å². The van der Waals surface area contributed by atoms with Gasteiger partial charge in [-0.2, -0.15) is 0 Å². The third kappa shape index (κ3) is 2.10. The summed E-state index contributed by atoms with van der Waals surface area (Å²) in [6.07, 6.45) is 1.21. The van der Waals surface area contributed by atoms with Gasteiger partial charge in [0.25, 0.3) is 5.91 Å². The Bertz CT molecular complexity index is 416. The van der Waals surface area contributed by atoms with Gasteiger partial charge in [0.1, 0.15) is 5.69 Å². The van der Waals surface area contributed by atoms with E-state index in [1.165, 1.54) is 13.2 Å². The number of amidine groups is 1. The summed E-state index contributed by atoms with van der Waals surface area (Å²) in [7, 11) is 1.43. The number of oxime groups is 1. The van der Waals surface area contributed by atoms with E-state index in [2.05, 4.69) is 20.4 Å². The van der Waals surface area contributed by atoms with Gasteiger partial charge in [0.2, 0.25) is 0 Å². The molecule has 0 radical (unpaired) electrons. The van der Waals surface area contributed by atoms with E-state index in [0.717, 1.165) is 0 Å². The number of anilines is 1. The highest BCUT2D eigenvalue weighted by atomic mass is 16.4. The van der Waals surface area contributed by atoms with Gasteiger partial charge in [-0.1, -0.05) is 5.16 Å². The molecular formula is C7H10N6O2. The van der Waals surface area contributed by atoms with Crippen LogP contribution in [-0.4, -0.2) is 34.0 Å². The van der Waals surface area contributed by atoms with Gasteiger partial charge < -0.3 is 22.0 Å². The standard InChI is InChI=1S/C7H10N6O2/c1-10-7(14)4-6(9)11-2-3(12-4)5(8)13-15/h2,15H,1H3,(H2,8,13)(H2,9,11)(H,10,14). The number of carbonyl (C=O) groups excluding carboxylic acids is 1. The monoisotopic (exact) mass is 210 g/mol. The van der Waals surface area contributed by atoms with Gasteiger partial charge in [-0.05, 0) is 0 Å². The van der Waals surface area contributed by atoms with Gasteiger partial charge in [0.15, 0.2) is 17.3 Å². The van der Waals surface area contributed by atoms with Crippen LogP contribution in [-0.2, 0) is 0 Å². The molecule has 0 unspecified atom stereocenters. The lowest BCUT2D eigenvalue weighted by Gasteiger charge is -2.04. The predicted molar refractivity (Wildman–Crippen MR) is 52.3 cm³/mol. The normalized spacial score (nSPS) is 11.1. The molecule has 6 N–H and O–H groups in total.